The van der Waals surface area contributed by atoms with Gasteiger partial charge in [-0.2, -0.15) is 0 Å². The number of nitrogens with zero attached hydrogens (tertiary/aromatic N) is 2. The molecule has 0 aromatic heterocycles. The highest BCUT2D eigenvalue weighted by atomic mass is 28.4. The van der Waals surface area contributed by atoms with Crippen LogP contribution in [0.25, 0.3) is 0 Å². The summed E-state index contributed by atoms with van der Waals surface area (Å²) in [6.07, 6.45) is 1.42. The van der Waals surface area contributed by atoms with Gasteiger partial charge in [0.2, 0.25) is 8.32 Å². The monoisotopic (exact) mass is 302 g/mol. The number of hydrogen-bond acceptors (Lipinski definition) is 3. The predicted octanol–water partition coefficient (Wildman–Crippen LogP) is 1.93. The van der Waals surface area contributed by atoms with Crippen molar-refractivity contribution >= 4 is 18.0 Å². The molecule has 5 heteroatoms. The zero-order chi connectivity index (χ0) is 14.7. The molecule has 0 radical (unpaired) electrons. The minimum absolute atomic E-state index is 0.0111. The molecular weight excluding hydrogens is 268 g/mol. The Morgan fingerprint density at radius 1 is 1.32 bits per heavy atom. The van der Waals surface area contributed by atoms with Crippen LogP contribution in [0.2, 0.25) is 19.1 Å². The summed E-state index contributed by atoms with van der Waals surface area (Å²) in [6.45, 7) is 15.3. The average Bonchev–Trinajstić information content (AvgIpc) is 2.66. The lowest BCUT2D eigenvalue weighted by molar-refractivity contribution is 0.188. The van der Waals surface area contributed by atoms with E-state index in [1.54, 1.807) is 0 Å². The van der Waals surface area contributed by atoms with Gasteiger partial charge in [-0.05, 0) is 51.6 Å². The topological polar surface area (TPSA) is 15.7 Å². The Labute approximate surface area is 123 Å². The van der Waals surface area contributed by atoms with Crippen molar-refractivity contribution in [1.29, 1.82) is 0 Å². The Hall–Kier alpha value is 0.314. The third-order valence-electron chi connectivity index (χ3n) is 4.00. The molecule has 0 N–H and O–H groups in total. The second-order valence-corrected chi connectivity index (χ2v) is 13.8. The van der Waals surface area contributed by atoms with Crippen molar-refractivity contribution in [2.45, 2.75) is 52.0 Å². The van der Waals surface area contributed by atoms with Crippen molar-refractivity contribution in [3.63, 3.8) is 0 Å². The van der Waals surface area contributed by atoms with Crippen LogP contribution in [0.15, 0.2) is 0 Å². The smallest absolute Gasteiger partial charge is 0.203 e. The molecule has 1 rings (SSSR count). The standard InChI is InChI=1S/C14H34N2OSi2/c1-14(2,3)13(16-9-8-12-18-16)19(6,7)17-11-10-15(4)5/h13H,8-12,18H2,1-7H3. The zero-order valence-electron chi connectivity index (χ0n) is 14.1. The molecule has 0 aromatic carbocycles. The number of rotatable bonds is 6. The van der Waals surface area contributed by atoms with Crippen molar-refractivity contribution < 1.29 is 4.43 Å². The van der Waals surface area contributed by atoms with Gasteiger partial charge in [-0.25, -0.2) is 0 Å². The molecule has 1 saturated heterocycles. The van der Waals surface area contributed by atoms with Crippen LogP contribution >= 0.6 is 0 Å². The van der Waals surface area contributed by atoms with Crippen LogP contribution < -0.4 is 0 Å². The van der Waals surface area contributed by atoms with Crippen molar-refractivity contribution in [3.8, 4) is 0 Å². The lowest BCUT2D eigenvalue weighted by Crippen LogP contribution is -2.61. The minimum Gasteiger partial charge on any atom is -0.414 e. The van der Waals surface area contributed by atoms with E-state index in [0.717, 1.165) is 13.2 Å². The predicted molar refractivity (Wildman–Crippen MR) is 89.9 cm³/mol. The third kappa shape index (κ3) is 5.30. The highest BCUT2D eigenvalue weighted by molar-refractivity contribution is 6.73. The Morgan fingerprint density at radius 3 is 2.37 bits per heavy atom. The summed E-state index contributed by atoms with van der Waals surface area (Å²) >= 11 is 0. The molecule has 1 aliphatic rings. The number of hydrogen-bond donors (Lipinski definition) is 0. The maximum absolute atomic E-state index is 6.42. The molecule has 19 heavy (non-hydrogen) atoms. The Kier molecular flexibility index (Phi) is 6.26. The Bertz CT molecular complexity index is 271. The van der Waals surface area contributed by atoms with Gasteiger partial charge in [0.1, 0.15) is 0 Å². The van der Waals surface area contributed by atoms with Crippen LogP contribution in [-0.2, 0) is 4.43 Å². The van der Waals surface area contributed by atoms with E-state index in [2.05, 4.69) is 57.4 Å². The first kappa shape index (κ1) is 17.4. The van der Waals surface area contributed by atoms with Crippen LogP contribution in [0.5, 0.6) is 0 Å². The van der Waals surface area contributed by atoms with E-state index < -0.39 is 8.32 Å². The molecule has 3 nitrogen and oxygen atoms in total. The van der Waals surface area contributed by atoms with E-state index in [1.807, 2.05) is 0 Å². The molecule has 0 aromatic rings. The van der Waals surface area contributed by atoms with Gasteiger partial charge < -0.3 is 13.9 Å². The molecule has 1 fully saturated rings. The summed E-state index contributed by atoms with van der Waals surface area (Å²) in [5.41, 5.74) is 1.02. The van der Waals surface area contributed by atoms with Crippen molar-refractivity contribution in [2.24, 2.45) is 5.41 Å². The van der Waals surface area contributed by atoms with Gasteiger partial charge in [0.25, 0.3) is 0 Å². The van der Waals surface area contributed by atoms with Gasteiger partial charge in [0.15, 0.2) is 0 Å². The van der Waals surface area contributed by atoms with Crippen molar-refractivity contribution in [3.05, 3.63) is 0 Å². The molecule has 0 aliphatic carbocycles. The highest BCUT2D eigenvalue weighted by Gasteiger charge is 2.45. The molecule has 114 valence electrons. The molecule has 0 bridgehead atoms. The lowest BCUT2D eigenvalue weighted by atomic mass is 9.96. The first-order valence-corrected chi connectivity index (χ1v) is 12.3. The minimum atomic E-state index is -1.67. The van der Waals surface area contributed by atoms with Crippen LogP contribution in [0.4, 0.5) is 0 Å². The second-order valence-electron chi connectivity index (χ2n) is 7.77. The van der Waals surface area contributed by atoms with Gasteiger partial charge in [0, 0.05) is 18.8 Å². The molecule has 1 aliphatic heterocycles. The van der Waals surface area contributed by atoms with E-state index in [9.17, 15) is 0 Å². The summed E-state index contributed by atoms with van der Waals surface area (Å²) in [7, 11) is 2.56. The summed E-state index contributed by atoms with van der Waals surface area (Å²) in [5.74, 6) is 0. The fourth-order valence-corrected chi connectivity index (χ4v) is 11.3. The first-order valence-electron chi connectivity index (χ1n) is 7.67. The fourth-order valence-electron chi connectivity index (χ4n) is 3.60. The second kappa shape index (κ2) is 6.85. The Balaban J connectivity index is 2.71. The van der Waals surface area contributed by atoms with Crippen molar-refractivity contribution in [2.75, 3.05) is 33.8 Å². The van der Waals surface area contributed by atoms with E-state index in [0.29, 0.717) is 11.1 Å². The molecule has 0 spiro atoms. The summed E-state index contributed by atoms with van der Waals surface area (Å²) in [4.78, 5) is 2.21. The van der Waals surface area contributed by atoms with E-state index in [1.165, 1.54) is 19.0 Å². The number of likely N-dealkylation sites (N-methyl/N-ethyl adjacent to an activating group) is 1. The van der Waals surface area contributed by atoms with Gasteiger partial charge in [-0.3, -0.25) is 0 Å². The van der Waals surface area contributed by atoms with Crippen LogP contribution in [0.1, 0.15) is 27.2 Å². The maximum Gasteiger partial charge on any atom is 0.203 e. The molecular formula is C14H34N2OSi2. The van der Waals surface area contributed by atoms with E-state index in [4.69, 9.17) is 4.43 Å². The van der Waals surface area contributed by atoms with E-state index in [-0.39, 0.29) is 9.68 Å². The van der Waals surface area contributed by atoms with Gasteiger partial charge in [-0.1, -0.05) is 20.8 Å². The van der Waals surface area contributed by atoms with Gasteiger partial charge in [0.05, 0.1) is 9.68 Å². The highest BCUT2D eigenvalue weighted by Crippen LogP contribution is 2.34. The largest absolute Gasteiger partial charge is 0.414 e. The lowest BCUT2D eigenvalue weighted by Gasteiger charge is -2.46. The third-order valence-corrected chi connectivity index (χ3v) is 9.93. The van der Waals surface area contributed by atoms with Crippen LogP contribution in [-0.4, -0.2) is 66.9 Å². The fraction of sp³-hybridized carbons (Fsp3) is 1.00. The summed E-state index contributed by atoms with van der Waals surface area (Å²) in [5, 5.41) is 0. The van der Waals surface area contributed by atoms with Crippen LogP contribution in [0.3, 0.4) is 0 Å². The summed E-state index contributed by atoms with van der Waals surface area (Å²) in [6, 6.07) is 1.49. The quantitative estimate of drug-likeness (QED) is 0.697. The molecule has 0 amide bonds. The normalized spacial score (nSPS) is 21.5. The SMILES string of the molecule is CN(C)CCO[Si](C)(C)C(N1CCC[SiH2]1)C(C)(C)C. The van der Waals surface area contributed by atoms with Crippen LogP contribution in [0, 0.1) is 5.41 Å². The molecule has 1 heterocycles. The van der Waals surface area contributed by atoms with Gasteiger partial charge >= 0.3 is 0 Å². The van der Waals surface area contributed by atoms with Gasteiger partial charge in [-0.15, -0.1) is 0 Å². The molecule has 1 atom stereocenters. The summed E-state index contributed by atoms with van der Waals surface area (Å²) < 4.78 is 9.25. The molecule has 0 saturated carbocycles. The van der Waals surface area contributed by atoms with E-state index >= 15 is 0 Å². The maximum atomic E-state index is 6.42. The molecule has 1 unspecified atom stereocenters. The zero-order valence-corrected chi connectivity index (χ0v) is 16.5. The van der Waals surface area contributed by atoms with Crippen molar-refractivity contribution in [1.82, 2.24) is 9.47 Å². The first-order chi connectivity index (χ1) is 8.64. The Morgan fingerprint density at radius 2 is 1.95 bits per heavy atom. The average molecular weight is 303 g/mol.